The normalized spacial score (nSPS) is 13.4. The molecule has 5 nitrogen and oxygen atoms in total. The SMILES string of the molecule is CN(C)c1ccc(CNC(=O)c2ccc(NC(=O)C3CC3)s2)cc1. The van der Waals surface area contributed by atoms with Crippen LogP contribution in [0.15, 0.2) is 36.4 Å². The van der Waals surface area contributed by atoms with E-state index >= 15 is 0 Å². The van der Waals surface area contributed by atoms with Gasteiger partial charge in [0.25, 0.3) is 5.91 Å². The van der Waals surface area contributed by atoms with Gasteiger partial charge in [0.15, 0.2) is 0 Å². The molecule has 0 atom stereocenters. The minimum atomic E-state index is -0.122. The van der Waals surface area contributed by atoms with Crippen molar-refractivity contribution in [3.8, 4) is 0 Å². The van der Waals surface area contributed by atoms with Crippen LogP contribution < -0.4 is 15.5 Å². The molecule has 1 fully saturated rings. The molecule has 24 heavy (non-hydrogen) atoms. The van der Waals surface area contributed by atoms with E-state index in [2.05, 4.69) is 10.6 Å². The first-order valence-electron chi connectivity index (χ1n) is 7.98. The number of rotatable bonds is 6. The molecule has 2 amide bonds. The van der Waals surface area contributed by atoms with Crippen LogP contribution in [-0.4, -0.2) is 25.9 Å². The number of hydrogen-bond donors (Lipinski definition) is 2. The van der Waals surface area contributed by atoms with Crippen LogP contribution in [0.2, 0.25) is 0 Å². The summed E-state index contributed by atoms with van der Waals surface area (Å²) >= 11 is 1.31. The van der Waals surface area contributed by atoms with Crippen LogP contribution in [0.25, 0.3) is 0 Å². The van der Waals surface area contributed by atoms with E-state index in [1.807, 2.05) is 43.3 Å². The van der Waals surface area contributed by atoms with Crippen molar-refractivity contribution in [2.24, 2.45) is 5.92 Å². The van der Waals surface area contributed by atoms with E-state index in [1.165, 1.54) is 11.3 Å². The maximum absolute atomic E-state index is 12.2. The van der Waals surface area contributed by atoms with Crippen LogP contribution in [0.5, 0.6) is 0 Å². The zero-order valence-corrected chi connectivity index (χ0v) is 14.7. The highest BCUT2D eigenvalue weighted by molar-refractivity contribution is 7.18. The number of thiophene rings is 1. The number of carbonyl (C=O) groups is 2. The number of hydrogen-bond acceptors (Lipinski definition) is 4. The van der Waals surface area contributed by atoms with Crippen molar-refractivity contribution in [2.75, 3.05) is 24.3 Å². The largest absolute Gasteiger partial charge is 0.378 e. The third-order valence-electron chi connectivity index (χ3n) is 3.93. The third-order valence-corrected chi connectivity index (χ3v) is 4.93. The van der Waals surface area contributed by atoms with Gasteiger partial charge >= 0.3 is 0 Å². The van der Waals surface area contributed by atoms with Gasteiger partial charge in [-0.2, -0.15) is 0 Å². The predicted molar refractivity (Wildman–Crippen MR) is 97.6 cm³/mol. The Hall–Kier alpha value is -2.34. The summed E-state index contributed by atoms with van der Waals surface area (Å²) in [5, 5.41) is 6.50. The molecule has 2 aromatic rings. The molecule has 3 rings (SSSR count). The van der Waals surface area contributed by atoms with E-state index in [0.29, 0.717) is 11.4 Å². The maximum atomic E-state index is 12.2. The molecule has 0 aliphatic heterocycles. The van der Waals surface area contributed by atoms with Gasteiger partial charge < -0.3 is 15.5 Å². The van der Waals surface area contributed by atoms with E-state index in [1.54, 1.807) is 12.1 Å². The molecular weight excluding hydrogens is 322 g/mol. The Morgan fingerprint density at radius 3 is 2.46 bits per heavy atom. The fourth-order valence-corrected chi connectivity index (χ4v) is 3.10. The van der Waals surface area contributed by atoms with Crippen LogP contribution in [0.3, 0.4) is 0 Å². The van der Waals surface area contributed by atoms with Crippen molar-refractivity contribution in [1.82, 2.24) is 5.32 Å². The number of nitrogens with zero attached hydrogens (tertiary/aromatic N) is 1. The second-order valence-electron chi connectivity index (χ2n) is 6.17. The van der Waals surface area contributed by atoms with E-state index < -0.39 is 0 Å². The van der Waals surface area contributed by atoms with E-state index in [-0.39, 0.29) is 17.7 Å². The first kappa shape index (κ1) is 16.5. The van der Waals surface area contributed by atoms with Crippen molar-refractivity contribution < 1.29 is 9.59 Å². The van der Waals surface area contributed by atoms with E-state index in [9.17, 15) is 9.59 Å². The highest BCUT2D eigenvalue weighted by Crippen LogP contribution is 2.31. The van der Waals surface area contributed by atoms with Gasteiger partial charge in [-0.25, -0.2) is 0 Å². The summed E-state index contributed by atoms with van der Waals surface area (Å²) in [6.45, 7) is 0.480. The number of benzene rings is 1. The minimum Gasteiger partial charge on any atom is -0.378 e. The van der Waals surface area contributed by atoms with Gasteiger partial charge in [0, 0.05) is 32.2 Å². The van der Waals surface area contributed by atoms with Gasteiger partial charge in [-0.3, -0.25) is 9.59 Å². The monoisotopic (exact) mass is 343 g/mol. The highest BCUT2D eigenvalue weighted by atomic mass is 32.1. The summed E-state index contributed by atoms with van der Waals surface area (Å²) in [6, 6.07) is 11.6. The number of amides is 2. The zero-order chi connectivity index (χ0) is 17.1. The van der Waals surface area contributed by atoms with Crippen LogP contribution in [0.4, 0.5) is 10.7 Å². The molecule has 1 saturated carbocycles. The Balaban J connectivity index is 1.53. The molecule has 1 aliphatic carbocycles. The second-order valence-corrected chi connectivity index (χ2v) is 7.25. The lowest BCUT2D eigenvalue weighted by molar-refractivity contribution is -0.117. The molecule has 1 aliphatic rings. The topological polar surface area (TPSA) is 61.4 Å². The predicted octanol–water partition coefficient (Wildman–Crippen LogP) is 3.09. The fourth-order valence-electron chi connectivity index (χ4n) is 2.28. The lowest BCUT2D eigenvalue weighted by Crippen LogP contribution is -2.21. The summed E-state index contributed by atoms with van der Waals surface area (Å²) in [5.74, 6) is 0.0999. The second kappa shape index (κ2) is 7.05. The first-order chi connectivity index (χ1) is 11.5. The third kappa shape index (κ3) is 4.14. The lowest BCUT2D eigenvalue weighted by atomic mass is 10.2. The van der Waals surface area contributed by atoms with E-state index in [4.69, 9.17) is 0 Å². The molecule has 1 aromatic heterocycles. The van der Waals surface area contributed by atoms with Crippen LogP contribution in [0.1, 0.15) is 28.1 Å². The Bertz CT molecular complexity index is 733. The lowest BCUT2D eigenvalue weighted by Gasteiger charge is -2.12. The molecule has 1 heterocycles. The average Bonchev–Trinajstić information content (AvgIpc) is 3.33. The van der Waals surface area contributed by atoms with Gasteiger partial charge in [-0.1, -0.05) is 12.1 Å². The van der Waals surface area contributed by atoms with Crippen molar-refractivity contribution in [3.05, 3.63) is 46.8 Å². The minimum absolute atomic E-state index is 0.0600. The number of anilines is 2. The van der Waals surface area contributed by atoms with Gasteiger partial charge in [0.2, 0.25) is 5.91 Å². The molecule has 0 radical (unpaired) electrons. The summed E-state index contributed by atoms with van der Waals surface area (Å²) in [7, 11) is 3.99. The molecule has 0 spiro atoms. The van der Waals surface area contributed by atoms with E-state index in [0.717, 1.165) is 29.1 Å². The Labute approximate surface area is 145 Å². The van der Waals surface area contributed by atoms with Gasteiger partial charge in [0.1, 0.15) is 0 Å². The zero-order valence-electron chi connectivity index (χ0n) is 13.8. The van der Waals surface area contributed by atoms with Gasteiger partial charge in [-0.05, 0) is 42.7 Å². The smallest absolute Gasteiger partial charge is 0.261 e. The average molecular weight is 343 g/mol. The number of carbonyl (C=O) groups excluding carboxylic acids is 2. The van der Waals surface area contributed by atoms with Gasteiger partial charge in [-0.15, -0.1) is 11.3 Å². The molecule has 126 valence electrons. The van der Waals surface area contributed by atoms with Crippen LogP contribution >= 0.6 is 11.3 Å². The standard InChI is InChI=1S/C18H21N3O2S/c1-21(2)14-7-3-12(4-8-14)11-19-18(23)15-9-10-16(24-15)20-17(22)13-5-6-13/h3-4,7-10,13H,5-6,11H2,1-2H3,(H,19,23)(H,20,22). The van der Waals surface area contributed by atoms with Crippen LogP contribution in [-0.2, 0) is 11.3 Å². The van der Waals surface area contributed by atoms with Gasteiger partial charge in [0.05, 0.1) is 9.88 Å². The molecule has 2 N–H and O–H groups in total. The maximum Gasteiger partial charge on any atom is 0.261 e. The fraction of sp³-hybridized carbons (Fsp3) is 0.333. The van der Waals surface area contributed by atoms with Crippen molar-refractivity contribution in [2.45, 2.75) is 19.4 Å². The molecule has 0 saturated heterocycles. The Morgan fingerprint density at radius 2 is 1.83 bits per heavy atom. The Morgan fingerprint density at radius 1 is 1.12 bits per heavy atom. The Kier molecular flexibility index (Phi) is 4.85. The highest BCUT2D eigenvalue weighted by Gasteiger charge is 2.29. The summed E-state index contributed by atoms with van der Waals surface area (Å²) in [6.07, 6.45) is 1.94. The first-order valence-corrected chi connectivity index (χ1v) is 8.80. The molecule has 1 aromatic carbocycles. The number of nitrogens with one attached hydrogen (secondary N) is 2. The molecular formula is C18H21N3O2S. The summed E-state index contributed by atoms with van der Waals surface area (Å²) < 4.78 is 0. The van der Waals surface area contributed by atoms with Crippen LogP contribution in [0, 0.1) is 5.92 Å². The summed E-state index contributed by atoms with van der Waals surface area (Å²) in [5.41, 5.74) is 2.17. The summed E-state index contributed by atoms with van der Waals surface area (Å²) in [4.78, 5) is 26.6. The molecule has 6 heteroatoms. The van der Waals surface area contributed by atoms with Crippen molar-refractivity contribution >= 4 is 33.8 Å². The quantitative estimate of drug-likeness (QED) is 0.847. The van der Waals surface area contributed by atoms with Crippen molar-refractivity contribution in [1.29, 1.82) is 0 Å². The molecule has 0 bridgehead atoms. The van der Waals surface area contributed by atoms with Crippen molar-refractivity contribution in [3.63, 3.8) is 0 Å². The molecule has 0 unspecified atom stereocenters.